The van der Waals surface area contributed by atoms with Crippen molar-refractivity contribution in [3.05, 3.63) is 52.9 Å². The zero-order chi connectivity index (χ0) is 13.1. The number of carbonyl (C=O) groups is 2. The van der Waals surface area contributed by atoms with E-state index in [0.29, 0.717) is 11.3 Å². The van der Waals surface area contributed by atoms with Gasteiger partial charge in [0.1, 0.15) is 0 Å². The highest BCUT2D eigenvalue weighted by Crippen LogP contribution is 2.16. The molecule has 0 radical (unpaired) electrons. The molecule has 0 saturated carbocycles. The molecule has 0 fully saturated rings. The molecule has 5 nitrogen and oxygen atoms in total. The average molecular weight is 265 g/mol. The van der Waals surface area contributed by atoms with E-state index in [9.17, 15) is 9.59 Å². The second kappa shape index (κ2) is 4.93. The van der Waals surface area contributed by atoms with Crippen LogP contribution in [0.3, 0.4) is 0 Å². The van der Waals surface area contributed by atoms with E-state index in [-0.39, 0.29) is 11.0 Å². The number of primary amides is 1. The van der Waals surface area contributed by atoms with Crippen molar-refractivity contribution in [1.82, 2.24) is 0 Å². The monoisotopic (exact) mass is 264 g/mol. The first-order valence-electron chi connectivity index (χ1n) is 5.03. The first kappa shape index (κ1) is 12.2. The molecule has 0 bridgehead atoms. The Morgan fingerprint density at radius 2 is 2.00 bits per heavy atom. The predicted octanol–water partition coefficient (Wildman–Crippen LogP) is 2.28. The van der Waals surface area contributed by atoms with Crippen LogP contribution in [-0.4, -0.2) is 11.8 Å². The quantitative estimate of drug-likeness (QED) is 0.892. The van der Waals surface area contributed by atoms with Gasteiger partial charge in [0.05, 0.1) is 0 Å². The lowest BCUT2D eigenvalue weighted by Crippen LogP contribution is -2.13. The van der Waals surface area contributed by atoms with Crippen LogP contribution in [0.5, 0.6) is 0 Å². The first-order chi connectivity index (χ1) is 8.56. The predicted molar refractivity (Wildman–Crippen MR) is 66.6 cm³/mol. The van der Waals surface area contributed by atoms with Gasteiger partial charge in [-0.1, -0.05) is 6.07 Å². The minimum Gasteiger partial charge on any atom is -0.440 e. The highest BCUT2D eigenvalue weighted by Gasteiger charge is 2.11. The topological polar surface area (TPSA) is 85.3 Å². The third-order valence-corrected chi connectivity index (χ3v) is 2.41. The van der Waals surface area contributed by atoms with Gasteiger partial charge in [-0.3, -0.25) is 9.59 Å². The number of anilines is 1. The van der Waals surface area contributed by atoms with Crippen molar-refractivity contribution in [3.63, 3.8) is 0 Å². The van der Waals surface area contributed by atoms with Gasteiger partial charge in [-0.15, -0.1) is 0 Å². The van der Waals surface area contributed by atoms with E-state index in [2.05, 4.69) is 5.32 Å². The molecule has 0 aliphatic heterocycles. The third kappa shape index (κ3) is 2.70. The maximum atomic E-state index is 11.7. The summed E-state index contributed by atoms with van der Waals surface area (Å²) in [7, 11) is 0. The van der Waals surface area contributed by atoms with Gasteiger partial charge >= 0.3 is 0 Å². The van der Waals surface area contributed by atoms with E-state index in [1.54, 1.807) is 18.2 Å². The molecule has 0 spiro atoms. The van der Waals surface area contributed by atoms with Gasteiger partial charge < -0.3 is 15.5 Å². The number of nitrogens with one attached hydrogen (secondary N) is 1. The molecule has 2 amide bonds. The van der Waals surface area contributed by atoms with E-state index in [0.717, 1.165) is 0 Å². The van der Waals surface area contributed by atoms with Gasteiger partial charge in [-0.05, 0) is 41.9 Å². The summed E-state index contributed by atoms with van der Waals surface area (Å²) in [6, 6.07) is 9.21. The molecule has 0 aliphatic rings. The fourth-order valence-electron chi connectivity index (χ4n) is 1.38. The minimum absolute atomic E-state index is 0.0875. The summed E-state index contributed by atoms with van der Waals surface area (Å²) in [4.78, 5) is 22.7. The van der Waals surface area contributed by atoms with Crippen molar-refractivity contribution >= 4 is 29.1 Å². The molecule has 0 unspecified atom stereocenters. The summed E-state index contributed by atoms with van der Waals surface area (Å²) in [5, 5.41) is 2.70. The lowest BCUT2D eigenvalue weighted by molar-refractivity contribution is 0.0988. The molecule has 0 aliphatic carbocycles. The molecule has 3 N–H and O–H groups in total. The summed E-state index contributed by atoms with van der Waals surface area (Å²) in [5.74, 6) is -0.930. The van der Waals surface area contributed by atoms with E-state index >= 15 is 0 Å². The maximum absolute atomic E-state index is 11.7. The van der Waals surface area contributed by atoms with Crippen molar-refractivity contribution in [2.75, 3.05) is 5.32 Å². The van der Waals surface area contributed by atoms with Crippen LogP contribution in [0.25, 0.3) is 0 Å². The first-order valence-corrected chi connectivity index (χ1v) is 5.40. The number of nitrogens with two attached hydrogens (primary N) is 1. The zero-order valence-electron chi connectivity index (χ0n) is 9.14. The summed E-state index contributed by atoms with van der Waals surface area (Å²) < 4.78 is 4.96. The standard InChI is InChI=1S/C12H9ClN2O3/c13-10-5-4-9(18-10)12(17)15-8-3-1-2-7(6-8)11(14)16/h1-6H,(H2,14,16)(H,15,17). The van der Waals surface area contributed by atoms with Crippen LogP contribution in [0.4, 0.5) is 5.69 Å². The van der Waals surface area contributed by atoms with Crippen LogP contribution >= 0.6 is 11.6 Å². The number of hydrogen-bond donors (Lipinski definition) is 2. The zero-order valence-corrected chi connectivity index (χ0v) is 9.90. The SMILES string of the molecule is NC(=O)c1cccc(NC(=O)c2ccc(Cl)o2)c1. The third-order valence-electron chi connectivity index (χ3n) is 2.20. The van der Waals surface area contributed by atoms with Crippen molar-refractivity contribution in [3.8, 4) is 0 Å². The number of rotatable bonds is 3. The maximum Gasteiger partial charge on any atom is 0.291 e. The van der Waals surface area contributed by atoms with Gasteiger partial charge in [-0.25, -0.2) is 0 Å². The lowest BCUT2D eigenvalue weighted by atomic mass is 10.2. The molecule has 1 aromatic heterocycles. The number of carbonyl (C=O) groups excluding carboxylic acids is 2. The number of amides is 2. The smallest absolute Gasteiger partial charge is 0.291 e. The Hall–Kier alpha value is -2.27. The normalized spacial score (nSPS) is 10.1. The molecule has 18 heavy (non-hydrogen) atoms. The summed E-state index contributed by atoms with van der Waals surface area (Å²) in [6.07, 6.45) is 0. The molecule has 2 aromatic rings. The number of hydrogen-bond acceptors (Lipinski definition) is 3. The Labute approximate surface area is 108 Å². The van der Waals surface area contributed by atoms with Crippen molar-refractivity contribution in [2.45, 2.75) is 0 Å². The van der Waals surface area contributed by atoms with Crippen molar-refractivity contribution < 1.29 is 14.0 Å². The van der Waals surface area contributed by atoms with Gasteiger partial charge in [0.15, 0.2) is 11.0 Å². The van der Waals surface area contributed by atoms with Crippen LogP contribution in [0.2, 0.25) is 5.22 Å². The molecule has 0 saturated heterocycles. The van der Waals surface area contributed by atoms with Crippen molar-refractivity contribution in [2.24, 2.45) is 5.73 Å². The van der Waals surface area contributed by atoms with Gasteiger partial charge in [0.2, 0.25) is 5.91 Å². The largest absolute Gasteiger partial charge is 0.440 e. The highest BCUT2D eigenvalue weighted by atomic mass is 35.5. The Morgan fingerprint density at radius 3 is 2.61 bits per heavy atom. The highest BCUT2D eigenvalue weighted by molar-refractivity contribution is 6.29. The summed E-state index contributed by atoms with van der Waals surface area (Å²) >= 11 is 5.57. The van der Waals surface area contributed by atoms with Crippen molar-refractivity contribution in [1.29, 1.82) is 0 Å². The Balaban J connectivity index is 2.16. The molecule has 2 rings (SSSR count). The Kier molecular flexibility index (Phi) is 3.34. The van der Waals surface area contributed by atoms with E-state index in [1.165, 1.54) is 18.2 Å². The number of benzene rings is 1. The van der Waals surface area contributed by atoms with Crippen LogP contribution in [-0.2, 0) is 0 Å². The second-order valence-electron chi connectivity index (χ2n) is 3.50. The van der Waals surface area contributed by atoms with E-state index in [1.807, 2.05) is 0 Å². The minimum atomic E-state index is -0.563. The molecular weight excluding hydrogens is 256 g/mol. The number of furan rings is 1. The second-order valence-corrected chi connectivity index (χ2v) is 3.88. The summed E-state index contributed by atoms with van der Waals surface area (Å²) in [6.45, 7) is 0. The van der Waals surface area contributed by atoms with E-state index < -0.39 is 11.8 Å². The van der Waals surface area contributed by atoms with Crippen LogP contribution in [0, 0.1) is 0 Å². The van der Waals surface area contributed by atoms with Crippen LogP contribution < -0.4 is 11.1 Å². The van der Waals surface area contributed by atoms with Gasteiger partial charge in [0, 0.05) is 11.3 Å². The molecule has 1 aromatic carbocycles. The van der Waals surface area contributed by atoms with E-state index in [4.69, 9.17) is 21.8 Å². The fourth-order valence-corrected chi connectivity index (χ4v) is 1.53. The molecule has 92 valence electrons. The molecule has 0 atom stereocenters. The average Bonchev–Trinajstić information content (AvgIpc) is 2.76. The molecule has 1 heterocycles. The van der Waals surface area contributed by atoms with Crippen LogP contribution in [0.1, 0.15) is 20.9 Å². The molecular formula is C12H9ClN2O3. The fraction of sp³-hybridized carbons (Fsp3) is 0. The Bertz CT molecular complexity index is 607. The Morgan fingerprint density at radius 1 is 1.22 bits per heavy atom. The van der Waals surface area contributed by atoms with Gasteiger partial charge in [-0.2, -0.15) is 0 Å². The van der Waals surface area contributed by atoms with Crippen LogP contribution in [0.15, 0.2) is 40.8 Å². The lowest BCUT2D eigenvalue weighted by Gasteiger charge is -2.04. The van der Waals surface area contributed by atoms with Gasteiger partial charge in [0.25, 0.3) is 5.91 Å². The summed E-state index contributed by atoms with van der Waals surface area (Å²) in [5.41, 5.74) is 5.90. The molecule has 6 heteroatoms. The number of halogens is 1.